The van der Waals surface area contributed by atoms with Crippen LogP contribution in [0.3, 0.4) is 0 Å². The number of esters is 2. The van der Waals surface area contributed by atoms with Crippen molar-refractivity contribution >= 4 is 27.9 Å². The van der Waals surface area contributed by atoms with Crippen LogP contribution in [0.25, 0.3) is 0 Å². The monoisotopic (exact) mass is 718 g/mol. The zero-order valence-electron chi connectivity index (χ0n) is 28.6. The van der Waals surface area contributed by atoms with Crippen LogP contribution in [0.4, 0.5) is 8.78 Å². The number of halogens is 3. The molecule has 2 saturated carbocycles. The maximum Gasteiger partial charge on any atom is 0.324 e. The van der Waals surface area contributed by atoms with Crippen molar-refractivity contribution < 1.29 is 37.3 Å². The van der Waals surface area contributed by atoms with Crippen molar-refractivity contribution in [2.45, 2.75) is 128 Å². The van der Waals surface area contributed by atoms with Crippen LogP contribution in [-0.2, 0) is 35.0 Å². The summed E-state index contributed by atoms with van der Waals surface area (Å²) in [5.74, 6) is -1.44. The molecular formula is C38H49BrF2O6. The number of ether oxygens (including phenoxy) is 4. The molecule has 4 aliphatic rings. The van der Waals surface area contributed by atoms with Gasteiger partial charge >= 0.3 is 11.9 Å². The third kappa shape index (κ3) is 9.85. The van der Waals surface area contributed by atoms with Gasteiger partial charge in [0.15, 0.2) is 0 Å². The molecule has 47 heavy (non-hydrogen) atoms. The lowest BCUT2D eigenvalue weighted by atomic mass is 9.90. The Morgan fingerprint density at radius 3 is 1.74 bits per heavy atom. The van der Waals surface area contributed by atoms with Gasteiger partial charge in [-0.2, -0.15) is 0 Å². The average Bonchev–Trinajstić information content (AvgIpc) is 3.91. The average molecular weight is 720 g/mol. The summed E-state index contributed by atoms with van der Waals surface area (Å²) in [4.78, 5) is 23.8. The van der Waals surface area contributed by atoms with Crippen LogP contribution < -0.4 is 0 Å². The van der Waals surface area contributed by atoms with E-state index in [-0.39, 0.29) is 36.2 Å². The zero-order chi connectivity index (χ0) is 34.2. The van der Waals surface area contributed by atoms with E-state index in [9.17, 15) is 18.4 Å². The van der Waals surface area contributed by atoms with Gasteiger partial charge in [-0.15, -0.1) is 0 Å². The quantitative estimate of drug-likeness (QED) is 0.219. The number of alkyl halides is 1. The first-order chi connectivity index (χ1) is 22.0. The van der Waals surface area contributed by atoms with Gasteiger partial charge in [-0.05, 0) is 150 Å². The Labute approximate surface area is 286 Å². The molecule has 2 aromatic carbocycles. The summed E-state index contributed by atoms with van der Waals surface area (Å²) in [5.41, 5.74) is 2.77. The van der Waals surface area contributed by atoms with E-state index in [0.29, 0.717) is 22.0 Å². The predicted molar refractivity (Wildman–Crippen MR) is 179 cm³/mol. The van der Waals surface area contributed by atoms with Gasteiger partial charge in [-0.1, -0.05) is 28.1 Å². The first kappa shape index (κ1) is 35.9. The Morgan fingerprint density at radius 1 is 0.787 bits per heavy atom. The first-order valence-corrected chi connectivity index (χ1v) is 17.8. The number of benzene rings is 2. The molecular weight excluding hydrogens is 670 g/mol. The first-order valence-electron chi connectivity index (χ1n) is 16.9. The Morgan fingerprint density at radius 2 is 1.28 bits per heavy atom. The van der Waals surface area contributed by atoms with Crippen LogP contribution in [0.15, 0.2) is 36.4 Å². The molecule has 6 nitrogen and oxygen atoms in total. The molecule has 0 radical (unpaired) electrons. The molecule has 2 aliphatic heterocycles. The maximum absolute atomic E-state index is 13.8. The number of carbonyl (C=O) groups is 2. The fraction of sp³-hybridized carbons (Fsp3) is 0.632. The predicted octanol–water partition coefficient (Wildman–Crippen LogP) is 9.58. The number of hydrogen-bond acceptors (Lipinski definition) is 6. The molecule has 2 heterocycles. The number of carbonyl (C=O) groups excluding carboxylic acids is 2. The summed E-state index contributed by atoms with van der Waals surface area (Å²) in [7, 11) is 0. The molecule has 0 N–H and O–H groups in total. The minimum atomic E-state index is -0.706. The van der Waals surface area contributed by atoms with Crippen molar-refractivity contribution in [1.82, 2.24) is 0 Å². The van der Waals surface area contributed by atoms with E-state index in [2.05, 4.69) is 15.9 Å². The highest BCUT2D eigenvalue weighted by Crippen LogP contribution is 2.55. The third-order valence-corrected chi connectivity index (χ3v) is 10.3. The normalized spacial score (nSPS) is 23.3. The molecule has 0 amide bonds. The lowest BCUT2D eigenvalue weighted by Crippen LogP contribution is -2.27. The second-order valence-corrected chi connectivity index (χ2v) is 16.9. The molecule has 0 bridgehead atoms. The summed E-state index contributed by atoms with van der Waals surface area (Å²) in [6.45, 7) is 12.5. The summed E-state index contributed by atoms with van der Waals surface area (Å²) in [6, 6.07) is 9.20. The van der Waals surface area contributed by atoms with E-state index in [4.69, 9.17) is 18.9 Å². The highest BCUT2D eigenvalue weighted by molar-refractivity contribution is 9.09. The van der Waals surface area contributed by atoms with Crippen molar-refractivity contribution in [2.75, 3.05) is 13.2 Å². The summed E-state index contributed by atoms with van der Waals surface area (Å²) in [6.07, 6.45) is 9.09. The SMILES string of the molecule is CC(C)(C)OC(=O)C(Br)c1cc(F)ccc1C1CCC2(CC2)CO1.CC(C)(C)OC(=O)Cc1cc(F)ccc1C1CCC2(CC2)CO1. The van der Waals surface area contributed by atoms with Crippen LogP contribution in [0, 0.1) is 22.5 Å². The third-order valence-electron chi connectivity index (χ3n) is 9.46. The van der Waals surface area contributed by atoms with Crippen LogP contribution in [0.2, 0.25) is 0 Å². The maximum atomic E-state index is 13.8. The Bertz CT molecular complexity index is 1430. The van der Waals surface area contributed by atoms with E-state index in [1.54, 1.807) is 12.1 Å². The second-order valence-electron chi connectivity index (χ2n) is 16.0. The van der Waals surface area contributed by atoms with Gasteiger partial charge < -0.3 is 18.9 Å². The molecule has 2 aliphatic carbocycles. The van der Waals surface area contributed by atoms with E-state index >= 15 is 0 Å². The molecule has 258 valence electrons. The van der Waals surface area contributed by atoms with E-state index in [1.165, 1.54) is 49.9 Å². The molecule has 2 saturated heterocycles. The van der Waals surface area contributed by atoms with Crippen LogP contribution in [-0.4, -0.2) is 36.4 Å². The van der Waals surface area contributed by atoms with Gasteiger partial charge in [0.05, 0.1) is 31.8 Å². The Kier molecular flexibility index (Phi) is 10.6. The molecule has 2 aromatic rings. The minimum absolute atomic E-state index is 0.0424. The molecule has 4 fully saturated rings. The van der Waals surface area contributed by atoms with E-state index in [1.807, 2.05) is 41.5 Å². The van der Waals surface area contributed by atoms with Crippen LogP contribution in [0.5, 0.6) is 0 Å². The lowest BCUT2D eigenvalue weighted by Gasteiger charge is -2.31. The van der Waals surface area contributed by atoms with Gasteiger partial charge in [-0.25, -0.2) is 8.78 Å². The van der Waals surface area contributed by atoms with Crippen molar-refractivity contribution in [3.05, 3.63) is 70.3 Å². The Balaban J connectivity index is 0.000000185. The molecule has 9 heteroatoms. The van der Waals surface area contributed by atoms with E-state index in [0.717, 1.165) is 50.0 Å². The van der Waals surface area contributed by atoms with Crippen molar-refractivity contribution in [2.24, 2.45) is 10.8 Å². The molecule has 3 atom stereocenters. The van der Waals surface area contributed by atoms with Crippen molar-refractivity contribution in [1.29, 1.82) is 0 Å². The van der Waals surface area contributed by atoms with E-state index < -0.39 is 22.0 Å². The fourth-order valence-corrected chi connectivity index (χ4v) is 6.98. The largest absolute Gasteiger partial charge is 0.460 e. The Hall–Kier alpha value is -2.36. The van der Waals surface area contributed by atoms with Crippen molar-refractivity contribution in [3.63, 3.8) is 0 Å². The van der Waals surface area contributed by atoms with Gasteiger partial charge in [0.1, 0.15) is 27.7 Å². The second kappa shape index (κ2) is 13.9. The summed E-state index contributed by atoms with van der Waals surface area (Å²) < 4.78 is 50.3. The topological polar surface area (TPSA) is 71.1 Å². The highest BCUT2D eigenvalue weighted by atomic mass is 79.9. The standard InChI is InChI=1S/C19H24BrFO3.C19H25FO3/c1-18(2,3)24-17(22)16(20)14-10-12(21)4-5-13(14)15-6-7-19(8-9-19)11-23-15;1-18(2,3)23-17(21)11-13-10-14(20)4-5-15(13)16-6-7-19(8-9-19)12-22-16/h4-5,10,15-16H,6-9,11H2,1-3H3;4-5,10,16H,6-9,11-12H2,1-3H3. The smallest absolute Gasteiger partial charge is 0.324 e. The number of rotatable bonds is 6. The molecule has 3 unspecified atom stereocenters. The molecule has 0 aromatic heterocycles. The van der Waals surface area contributed by atoms with Gasteiger partial charge in [0.2, 0.25) is 0 Å². The number of hydrogen-bond donors (Lipinski definition) is 0. The molecule has 2 spiro atoms. The molecule has 6 rings (SSSR count). The zero-order valence-corrected chi connectivity index (χ0v) is 30.1. The van der Waals surface area contributed by atoms with Gasteiger partial charge in [0, 0.05) is 0 Å². The fourth-order valence-electron chi connectivity index (χ4n) is 6.49. The summed E-state index contributed by atoms with van der Waals surface area (Å²) >= 11 is 3.39. The van der Waals surface area contributed by atoms with Crippen molar-refractivity contribution in [3.8, 4) is 0 Å². The van der Waals surface area contributed by atoms with Crippen LogP contribution >= 0.6 is 15.9 Å². The lowest BCUT2D eigenvalue weighted by molar-refractivity contribution is -0.155. The summed E-state index contributed by atoms with van der Waals surface area (Å²) in [5, 5.41) is 0. The highest BCUT2D eigenvalue weighted by Gasteiger charge is 2.47. The van der Waals surface area contributed by atoms with Gasteiger partial charge in [-0.3, -0.25) is 9.59 Å². The van der Waals surface area contributed by atoms with Gasteiger partial charge in [0.25, 0.3) is 0 Å². The van der Waals surface area contributed by atoms with Crippen LogP contribution in [0.1, 0.15) is 132 Å². The minimum Gasteiger partial charge on any atom is -0.460 e.